The second-order valence-corrected chi connectivity index (χ2v) is 6.56. The van der Waals surface area contributed by atoms with E-state index in [2.05, 4.69) is 25.8 Å². The molecule has 2 aromatic carbocycles. The molecule has 0 aliphatic rings. The minimum atomic E-state index is 0.265. The van der Waals surface area contributed by atoms with Gasteiger partial charge in [-0.2, -0.15) is 5.10 Å². The van der Waals surface area contributed by atoms with Crippen molar-refractivity contribution in [1.82, 2.24) is 10.4 Å². The molecule has 1 heterocycles. The molecule has 0 saturated heterocycles. The van der Waals surface area contributed by atoms with Crippen molar-refractivity contribution in [3.8, 4) is 17.2 Å². The number of methoxy groups -OCH3 is 3. The first-order chi connectivity index (χ1) is 15.6. The van der Waals surface area contributed by atoms with Gasteiger partial charge in [-0.3, -0.25) is 5.43 Å². The Morgan fingerprint density at radius 1 is 0.969 bits per heavy atom. The predicted octanol–water partition coefficient (Wildman–Crippen LogP) is 3.29. The molecular weight excluding hydrogens is 408 g/mol. The van der Waals surface area contributed by atoms with Crippen LogP contribution in [0, 0.1) is 0 Å². The minimum absolute atomic E-state index is 0.265. The largest absolute Gasteiger partial charge is 0.497 e. The van der Waals surface area contributed by atoms with Gasteiger partial charge in [-0.1, -0.05) is 6.07 Å². The smallest absolute Gasteiger partial charge is 0.154 e. The van der Waals surface area contributed by atoms with Crippen LogP contribution in [0.5, 0.6) is 17.2 Å². The third kappa shape index (κ3) is 6.11. The van der Waals surface area contributed by atoms with Gasteiger partial charge in [-0.25, -0.2) is 9.98 Å². The number of anilines is 1. The van der Waals surface area contributed by atoms with Crippen LogP contribution in [0.4, 0.5) is 11.5 Å². The zero-order chi connectivity index (χ0) is 22.8. The van der Waals surface area contributed by atoms with Gasteiger partial charge in [0.25, 0.3) is 0 Å². The van der Waals surface area contributed by atoms with Gasteiger partial charge >= 0.3 is 0 Å². The van der Waals surface area contributed by atoms with Crippen LogP contribution in [-0.2, 0) is 6.54 Å². The molecule has 1 aromatic heterocycles. The van der Waals surface area contributed by atoms with E-state index < -0.39 is 0 Å². The van der Waals surface area contributed by atoms with Crippen molar-refractivity contribution in [2.24, 2.45) is 15.8 Å². The Hall–Kier alpha value is -4.27. The number of pyridine rings is 1. The number of nitrogens with one attached hydrogen (secondary N) is 2. The fourth-order valence-electron chi connectivity index (χ4n) is 2.86. The van der Waals surface area contributed by atoms with E-state index >= 15 is 0 Å². The van der Waals surface area contributed by atoms with Gasteiger partial charge < -0.3 is 25.3 Å². The van der Waals surface area contributed by atoms with Crippen LogP contribution in [0.1, 0.15) is 11.1 Å². The third-order valence-electron chi connectivity index (χ3n) is 4.46. The van der Waals surface area contributed by atoms with Gasteiger partial charge in [-0.05, 0) is 42.0 Å². The minimum Gasteiger partial charge on any atom is -0.497 e. The van der Waals surface area contributed by atoms with E-state index in [0.29, 0.717) is 29.4 Å². The Bertz CT molecular complexity index is 1080. The molecule has 9 nitrogen and oxygen atoms in total. The summed E-state index contributed by atoms with van der Waals surface area (Å²) in [7, 11) is 4.84. The van der Waals surface area contributed by atoms with Crippen molar-refractivity contribution in [3.63, 3.8) is 0 Å². The van der Waals surface area contributed by atoms with Crippen molar-refractivity contribution < 1.29 is 14.2 Å². The molecule has 166 valence electrons. The molecule has 0 radical (unpaired) electrons. The van der Waals surface area contributed by atoms with Crippen LogP contribution in [0.2, 0.25) is 0 Å². The fraction of sp³-hybridized carbons (Fsp3) is 0.174. The van der Waals surface area contributed by atoms with E-state index in [4.69, 9.17) is 19.9 Å². The lowest BCUT2D eigenvalue weighted by molar-refractivity contribution is 0.393. The average Bonchev–Trinajstić information content (AvgIpc) is 2.85. The topological polar surface area (TPSA) is 115 Å². The van der Waals surface area contributed by atoms with E-state index in [0.717, 1.165) is 17.0 Å². The molecule has 0 bridgehead atoms. The highest BCUT2D eigenvalue weighted by Gasteiger charge is 2.08. The maximum Gasteiger partial charge on any atom is 0.154 e. The molecule has 0 aliphatic heterocycles. The average molecular weight is 435 g/mol. The van der Waals surface area contributed by atoms with Gasteiger partial charge in [0.1, 0.15) is 29.4 Å². The van der Waals surface area contributed by atoms with Gasteiger partial charge in [0.05, 0.1) is 32.6 Å². The monoisotopic (exact) mass is 434 g/mol. The molecule has 0 unspecified atom stereocenters. The molecule has 0 aliphatic carbocycles. The molecule has 3 aromatic rings. The van der Waals surface area contributed by atoms with E-state index in [1.54, 1.807) is 33.6 Å². The van der Waals surface area contributed by atoms with Gasteiger partial charge in [0.2, 0.25) is 0 Å². The molecule has 4 N–H and O–H groups in total. The number of nitrogens with two attached hydrogens (primary N) is 1. The number of amidine groups is 1. The van der Waals surface area contributed by atoms with E-state index in [1.165, 1.54) is 6.34 Å². The second-order valence-electron chi connectivity index (χ2n) is 6.56. The van der Waals surface area contributed by atoms with Crippen molar-refractivity contribution >= 4 is 23.7 Å². The first-order valence-corrected chi connectivity index (χ1v) is 9.79. The highest BCUT2D eigenvalue weighted by Crippen LogP contribution is 2.23. The lowest BCUT2D eigenvalue weighted by atomic mass is 10.2. The van der Waals surface area contributed by atoms with Gasteiger partial charge in [-0.15, -0.1) is 0 Å². The fourth-order valence-corrected chi connectivity index (χ4v) is 2.86. The number of ether oxygens (including phenoxy) is 3. The van der Waals surface area contributed by atoms with Crippen LogP contribution in [0.25, 0.3) is 0 Å². The Morgan fingerprint density at radius 3 is 2.44 bits per heavy atom. The van der Waals surface area contributed by atoms with E-state index in [-0.39, 0.29) is 5.84 Å². The number of aliphatic imine (C=N–C) groups is 1. The molecule has 0 fully saturated rings. The first kappa shape index (κ1) is 22.4. The lowest BCUT2D eigenvalue weighted by Gasteiger charge is -2.12. The van der Waals surface area contributed by atoms with Crippen LogP contribution in [-0.4, -0.2) is 38.5 Å². The molecule has 0 atom stereocenters. The quantitative estimate of drug-likeness (QED) is 0.255. The summed E-state index contributed by atoms with van der Waals surface area (Å²) in [6.45, 7) is 0.496. The summed E-state index contributed by atoms with van der Waals surface area (Å²) in [5.74, 6) is 3.01. The van der Waals surface area contributed by atoms with Crippen LogP contribution >= 0.6 is 0 Å². The number of benzene rings is 2. The standard InChI is InChI=1S/C23H26N6O3/c1-30-18-7-4-6-17(12-18)27-15-28-29-22(24)21-8-5-9-25-23(21)26-14-16-10-19(31-2)13-20(11-16)32-3/h4-13,15H,14H2,1-3H3,(H2,24,29)(H,25,26)(H,27,28). The van der Waals surface area contributed by atoms with E-state index in [1.807, 2.05) is 48.5 Å². The SMILES string of the molecule is COc1cccc(N=CN/N=C(\N)c2cccnc2NCc2cc(OC)cc(OC)c2)c1. The summed E-state index contributed by atoms with van der Waals surface area (Å²) < 4.78 is 15.8. The lowest BCUT2D eigenvalue weighted by Crippen LogP contribution is -2.20. The zero-order valence-corrected chi connectivity index (χ0v) is 18.2. The molecule has 9 heteroatoms. The number of hydrogen-bond acceptors (Lipinski definition) is 7. The summed E-state index contributed by atoms with van der Waals surface area (Å²) in [4.78, 5) is 8.66. The Kier molecular flexibility index (Phi) is 7.85. The highest BCUT2D eigenvalue weighted by molar-refractivity contribution is 6.01. The number of rotatable bonds is 10. The maximum absolute atomic E-state index is 6.17. The Balaban J connectivity index is 1.68. The molecular formula is C23H26N6O3. The van der Waals surface area contributed by atoms with Crippen LogP contribution < -0.4 is 30.7 Å². The molecule has 0 spiro atoms. The molecule has 3 rings (SSSR count). The molecule has 32 heavy (non-hydrogen) atoms. The van der Waals surface area contributed by atoms with Crippen LogP contribution in [0.15, 0.2) is 70.9 Å². The predicted molar refractivity (Wildman–Crippen MR) is 126 cm³/mol. The summed E-state index contributed by atoms with van der Waals surface area (Å²) >= 11 is 0. The van der Waals surface area contributed by atoms with Crippen LogP contribution in [0.3, 0.4) is 0 Å². The third-order valence-corrected chi connectivity index (χ3v) is 4.46. The summed E-state index contributed by atoms with van der Waals surface area (Å²) in [6, 6.07) is 16.7. The Labute approximate surface area is 186 Å². The number of aromatic nitrogens is 1. The number of hydrazone groups is 1. The molecule has 0 amide bonds. The van der Waals surface area contributed by atoms with Crippen molar-refractivity contribution in [3.05, 3.63) is 71.9 Å². The first-order valence-electron chi connectivity index (χ1n) is 9.79. The van der Waals surface area contributed by atoms with Crippen molar-refractivity contribution in [1.29, 1.82) is 0 Å². The second kappa shape index (κ2) is 11.2. The Morgan fingerprint density at radius 2 is 1.72 bits per heavy atom. The summed E-state index contributed by atoms with van der Waals surface area (Å²) in [6.07, 6.45) is 3.14. The maximum atomic E-state index is 6.17. The van der Waals surface area contributed by atoms with Gasteiger partial charge in [0.15, 0.2) is 5.84 Å². The normalized spacial score (nSPS) is 11.3. The number of nitrogens with zero attached hydrogens (tertiary/aromatic N) is 3. The zero-order valence-electron chi connectivity index (χ0n) is 18.2. The molecule has 0 saturated carbocycles. The van der Waals surface area contributed by atoms with Crippen molar-refractivity contribution in [2.75, 3.05) is 26.6 Å². The van der Waals surface area contributed by atoms with Crippen molar-refractivity contribution in [2.45, 2.75) is 6.54 Å². The van der Waals surface area contributed by atoms with E-state index in [9.17, 15) is 0 Å². The summed E-state index contributed by atoms with van der Waals surface area (Å²) in [5, 5.41) is 7.45. The summed E-state index contributed by atoms with van der Waals surface area (Å²) in [5.41, 5.74) is 11.3. The van der Waals surface area contributed by atoms with Gasteiger partial charge in [0, 0.05) is 24.9 Å². The highest BCUT2D eigenvalue weighted by atomic mass is 16.5. The number of hydrogen-bond donors (Lipinski definition) is 3.